The van der Waals surface area contributed by atoms with Crippen molar-refractivity contribution >= 4 is 0 Å². The first-order valence-corrected chi connectivity index (χ1v) is 7.35. The minimum Gasteiger partial charge on any atom is -0.393 e. The number of nitrogens with zero attached hydrogens (tertiary/aromatic N) is 1. The molecule has 2 unspecified atom stereocenters. The van der Waals surface area contributed by atoms with Gasteiger partial charge in [0.15, 0.2) is 0 Å². The minimum absolute atomic E-state index is 0.150. The molecule has 4 heteroatoms. The van der Waals surface area contributed by atoms with Gasteiger partial charge in [-0.05, 0) is 51.6 Å². The highest BCUT2D eigenvalue weighted by Gasteiger charge is 2.22. The van der Waals surface area contributed by atoms with Crippen LogP contribution in [0.5, 0.6) is 0 Å². The molecule has 0 aromatic rings. The topological polar surface area (TPSA) is 41.9 Å². The summed E-state index contributed by atoms with van der Waals surface area (Å²) in [5.74, 6) is 0.494. The van der Waals surface area contributed by atoms with Crippen molar-refractivity contribution in [2.45, 2.75) is 44.8 Å². The number of aliphatic hydroxyl groups excluding tert-OH is 1. The van der Waals surface area contributed by atoms with Crippen molar-refractivity contribution in [1.29, 1.82) is 0 Å². The van der Waals surface area contributed by atoms with Crippen LogP contribution in [-0.2, 0) is 9.47 Å². The zero-order chi connectivity index (χ0) is 12.8. The van der Waals surface area contributed by atoms with E-state index in [0.717, 1.165) is 58.7 Å². The van der Waals surface area contributed by atoms with Crippen molar-refractivity contribution in [2.75, 3.05) is 39.5 Å². The third kappa shape index (κ3) is 4.50. The van der Waals surface area contributed by atoms with E-state index in [1.165, 1.54) is 6.42 Å². The molecule has 0 aromatic heterocycles. The van der Waals surface area contributed by atoms with Crippen LogP contribution in [0.2, 0.25) is 0 Å². The Hall–Kier alpha value is -0.160. The molecule has 2 heterocycles. The predicted octanol–water partition coefficient (Wildman–Crippen LogP) is 1.27. The molecule has 18 heavy (non-hydrogen) atoms. The average Bonchev–Trinajstić information content (AvgIpc) is 2.88. The van der Waals surface area contributed by atoms with E-state index < -0.39 is 0 Å². The normalized spacial score (nSPS) is 28.7. The van der Waals surface area contributed by atoms with Gasteiger partial charge in [-0.3, -0.25) is 0 Å². The predicted molar refractivity (Wildman–Crippen MR) is 70.6 cm³/mol. The van der Waals surface area contributed by atoms with Crippen molar-refractivity contribution in [3.05, 3.63) is 0 Å². The van der Waals surface area contributed by atoms with Crippen LogP contribution >= 0.6 is 0 Å². The Bertz CT molecular complexity index is 221. The summed E-state index contributed by atoms with van der Waals surface area (Å²) in [7, 11) is 0. The summed E-state index contributed by atoms with van der Waals surface area (Å²) in [6.07, 6.45) is 4.75. The SMILES string of the molecule is CC(O)C1CCN(CCOCC2CCCO2)CC1. The number of aliphatic hydroxyl groups is 1. The summed E-state index contributed by atoms with van der Waals surface area (Å²) in [5, 5.41) is 9.54. The summed E-state index contributed by atoms with van der Waals surface area (Å²) >= 11 is 0. The van der Waals surface area contributed by atoms with Crippen LogP contribution in [0, 0.1) is 5.92 Å². The summed E-state index contributed by atoms with van der Waals surface area (Å²) in [6.45, 7) is 7.58. The van der Waals surface area contributed by atoms with Gasteiger partial charge in [0.25, 0.3) is 0 Å². The molecule has 4 nitrogen and oxygen atoms in total. The minimum atomic E-state index is -0.150. The van der Waals surface area contributed by atoms with Gasteiger partial charge >= 0.3 is 0 Å². The van der Waals surface area contributed by atoms with E-state index in [4.69, 9.17) is 9.47 Å². The van der Waals surface area contributed by atoms with Gasteiger partial charge < -0.3 is 19.5 Å². The van der Waals surface area contributed by atoms with Crippen LogP contribution in [-0.4, -0.2) is 61.7 Å². The highest BCUT2D eigenvalue weighted by atomic mass is 16.5. The number of hydrogen-bond acceptors (Lipinski definition) is 4. The first-order valence-electron chi connectivity index (χ1n) is 7.35. The third-order valence-electron chi connectivity index (χ3n) is 4.19. The molecule has 0 amide bonds. The maximum absolute atomic E-state index is 9.54. The third-order valence-corrected chi connectivity index (χ3v) is 4.19. The van der Waals surface area contributed by atoms with Gasteiger partial charge in [0.05, 0.1) is 25.4 Å². The van der Waals surface area contributed by atoms with E-state index in [-0.39, 0.29) is 6.10 Å². The molecule has 1 N–H and O–H groups in total. The Kier molecular flexibility index (Phi) is 5.89. The molecule has 2 saturated heterocycles. The van der Waals surface area contributed by atoms with Crippen molar-refractivity contribution in [3.63, 3.8) is 0 Å². The Balaban J connectivity index is 1.50. The van der Waals surface area contributed by atoms with Crippen LogP contribution in [0.4, 0.5) is 0 Å². The van der Waals surface area contributed by atoms with Crippen molar-refractivity contribution < 1.29 is 14.6 Å². The molecule has 0 aliphatic carbocycles. The standard InChI is InChI=1S/C14H27NO3/c1-12(16)13-4-6-15(7-5-13)8-10-17-11-14-3-2-9-18-14/h12-14,16H,2-11H2,1H3. The number of piperidine rings is 1. The second-order valence-electron chi connectivity index (χ2n) is 5.63. The first kappa shape index (κ1) is 14.3. The fraction of sp³-hybridized carbons (Fsp3) is 1.00. The Morgan fingerprint density at radius 1 is 1.33 bits per heavy atom. The van der Waals surface area contributed by atoms with Crippen LogP contribution in [0.25, 0.3) is 0 Å². The van der Waals surface area contributed by atoms with E-state index >= 15 is 0 Å². The number of rotatable bonds is 6. The molecule has 0 bridgehead atoms. The average molecular weight is 257 g/mol. The summed E-state index contributed by atoms with van der Waals surface area (Å²) < 4.78 is 11.2. The lowest BCUT2D eigenvalue weighted by molar-refractivity contribution is 0.00452. The number of likely N-dealkylation sites (tertiary alicyclic amines) is 1. The van der Waals surface area contributed by atoms with E-state index in [9.17, 15) is 5.11 Å². The second kappa shape index (κ2) is 7.43. The molecular weight excluding hydrogens is 230 g/mol. The lowest BCUT2D eigenvalue weighted by Crippen LogP contribution is -2.38. The number of ether oxygens (including phenoxy) is 2. The van der Waals surface area contributed by atoms with Crippen LogP contribution in [0.3, 0.4) is 0 Å². The molecular formula is C14H27NO3. The smallest absolute Gasteiger partial charge is 0.0809 e. The lowest BCUT2D eigenvalue weighted by atomic mass is 9.92. The Labute approximate surface area is 110 Å². The highest BCUT2D eigenvalue weighted by molar-refractivity contribution is 4.75. The van der Waals surface area contributed by atoms with Crippen LogP contribution in [0.15, 0.2) is 0 Å². The van der Waals surface area contributed by atoms with Gasteiger partial charge in [0.1, 0.15) is 0 Å². The zero-order valence-electron chi connectivity index (χ0n) is 11.5. The maximum atomic E-state index is 9.54. The highest BCUT2D eigenvalue weighted by Crippen LogP contribution is 2.20. The number of hydrogen-bond donors (Lipinski definition) is 1. The van der Waals surface area contributed by atoms with Gasteiger partial charge in [-0.2, -0.15) is 0 Å². The molecule has 2 aliphatic heterocycles. The van der Waals surface area contributed by atoms with E-state index in [2.05, 4.69) is 4.90 Å². The van der Waals surface area contributed by atoms with Gasteiger partial charge in [-0.1, -0.05) is 0 Å². The van der Waals surface area contributed by atoms with E-state index in [0.29, 0.717) is 12.0 Å². The van der Waals surface area contributed by atoms with Crippen LogP contribution in [0.1, 0.15) is 32.6 Å². The quantitative estimate of drug-likeness (QED) is 0.728. The molecule has 0 spiro atoms. The Morgan fingerprint density at radius 2 is 2.11 bits per heavy atom. The summed E-state index contributed by atoms with van der Waals surface area (Å²) in [4.78, 5) is 2.44. The largest absolute Gasteiger partial charge is 0.393 e. The van der Waals surface area contributed by atoms with E-state index in [1.807, 2.05) is 6.92 Å². The molecule has 0 saturated carbocycles. The van der Waals surface area contributed by atoms with Gasteiger partial charge in [-0.15, -0.1) is 0 Å². The maximum Gasteiger partial charge on any atom is 0.0809 e. The molecule has 2 fully saturated rings. The molecule has 2 aliphatic rings. The van der Waals surface area contributed by atoms with Crippen molar-refractivity contribution in [1.82, 2.24) is 4.90 Å². The van der Waals surface area contributed by atoms with Gasteiger partial charge in [0, 0.05) is 13.2 Å². The molecule has 0 radical (unpaired) electrons. The first-order chi connectivity index (χ1) is 8.75. The van der Waals surface area contributed by atoms with Gasteiger partial charge in [0.2, 0.25) is 0 Å². The van der Waals surface area contributed by atoms with Crippen molar-refractivity contribution in [2.24, 2.45) is 5.92 Å². The summed E-state index contributed by atoms with van der Waals surface area (Å²) in [5.41, 5.74) is 0. The summed E-state index contributed by atoms with van der Waals surface area (Å²) in [6, 6.07) is 0. The monoisotopic (exact) mass is 257 g/mol. The molecule has 106 valence electrons. The van der Waals surface area contributed by atoms with E-state index in [1.54, 1.807) is 0 Å². The molecule has 2 atom stereocenters. The molecule has 2 rings (SSSR count). The van der Waals surface area contributed by atoms with Gasteiger partial charge in [-0.25, -0.2) is 0 Å². The second-order valence-corrected chi connectivity index (χ2v) is 5.63. The fourth-order valence-electron chi connectivity index (χ4n) is 2.84. The zero-order valence-corrected chi connectivity index (χ0v) is 11.5. The molecule has 0 aromatic carbocycles. The lowest BCUT2D eigenvalue weighted by Gasteiger charge is -2.33. The van der Waals surface area contributed by atoms with Crippen LogP contribution < -0.4 is 0 Å². The Morgan fingerprint density at radius 3 is 2.72 bits per heavy atom. The fourth-order valence-corrected chi connectivity index (χ4v) is 2.84. The van der Waals surface area contributed by atoms with Crippen molar-refractivity contribution in [3.8, 4) is 0 Å².